The van der Waals surface area contributed by atoms with Gasteiger partial charge in [-0.3, -0.25) is 4.57 Å². The third kappa shape index (κ3) is 4.03. The Balaban J connectivity index is 1.23. The van der Waals surface area contributed by atoms with Gasteiger partial charge in [-0.2, -0.15) is 0 Å². The van der Waals surface area contributed by atoms with Crippen molar-refractivity contribution >= 4 is 60.2 Å². The van der Waals surface area contributed by atoms with Crippen LogP contribution in [0.15, 0.2) is 144 Å². The molecule has 0 saturated carbocycles. The summed E-state index contributed by atoms with van der Waals surface area (Å²) >= 11 is 0. The zero-order valence-corrected chi connectivity index (χ0v) is 28.2. The number of dihydropyridines is 1. The van der Waals surface area contributed by atoms with Crippen LogP contribution in [0.5, 0.6) is 0 Å². The zero-order valence-electron chi connectivity index (χ0n) is 28.2. The molecule has 0 bridgehead atoms. The summed E-state index contributed by atoms with van der Waals surface area (Å²) in [5, 5.41) is 10.5. The third-order valence-electron chi connectivity index (χ3n) is 10.9. The van der Waals surface area contributed by atoms with Gasteiger partial charge in [0, 0.05) is 50.3 Å². The quantitative estimate of drug-likeness (QED) is 0.206. The number of hydrogen-bond donors (Lipinski definition) is 1. The van der Waals surface area contributed by atoms with E-state index in [-0.39, 0.29) is 5.41 Å². The molecule has 5 nitrogen and oxygen atoms in total. The predicted molar refractivity (Wildman–Crippen MR) is 209 cm³/mol. The maximum atomic E-state index is 6.26. The molecule has 0 saturated heterocycles. The van der Waals surface area contributed by atoms with E-state index < -0.39 is 0 Å². The summed E-state index contributed by atoms with van der Waals surface area (Å²) in [6.45, 7) is 5.39. The van der Waals surface area contributed by atoms with Gasteiger partial charge in [-0.15, -0.1) is 0 Å². The Bertz CT molecular complexity index is 3010. The number of hydrogen-bond acceptors (Lipinski definition) is 4. The summed E-state index contributed by atoms with van der Waals surface area (Å²) in [5.41, 5.74) is 12.0. The molecule has 5 heteroatoms. The minimum absolute atomic E-state index is 0.373. The van der Waals surface area contributed by atoms with Gasteiger partial charge in [0.25, 0.3) is 0 Å². The van der Waals surface area contributed by atoms with E-state index in [1.165, 1.54) is 32.7 Å². The molecule has 3 aromatic heterocycles. The second-order valence-corrected chi connectivity index (χ2v) is 14.2. The fourth-order valence-electron chi connectivity index (χ4n) is 8.38. The smallest absolute Gasteiger partial charge is 0.164 e. The SMILES string of the molecule is CC1(C)c2cc(C3=CC=CCN3)ccc2-c2nc(-c3ccc4oc5ccccc5c4c3)c(-n3c4ccccc4c4cc5ccccc5cc43)nc21. The van der Waals surface area contributed by atoms with Gasteiger partial charge in [-0.25, -0.2) is 9.97 Å². The van der Waals surface area contributed by atoms with Crippen molar-refractivity contribution in [3.05, 3.63) is 156 Å². The highest BCUT2D eigenvalue weighted by Crippen LogP contribution is 2.50. The number of furan rings is 1. The van der Waals surface area contributed by atoms with E-state index in [9.17, 15) is 0 Å². The molecular weight excluding hydrogens is 625 g/mol. The fourth-order valence-corrected chi connectivity index (χ4v) is 8.38. The third-order valence-corrected chi connectivity index (χ3v) is 10.9. The van der Waals surface area contributed by atoms with Crippen LogP contribution in [0.4, 0.5) is 0 Å². The van der Waals surface area contributed by atoms with Gasteiger partial charge in [0.1, 0.15) is 16.9 Å². The van der Waals surface area contributed by atoms with Crippen LogP contribution in [-0.4, -0.2) is 21.1 Å². The molecule has 51 heavy (non-hydrogen) atoms. The maximum Gasteiger partial charge on any atom is 0.164 e. The Kier molecular flexibility index (Phi) is 5.72. The molecule has 0 amide bonds. The van der Waals surface area contributed by atoms with Crippen molar-refractivity contribution in [2.24, 2.45) is 0 Å². The van der Waals surface area contributed by atoms with Crippen molar-refractivity contribution in [3.8, 4) is 28.3 Å². The minimum Gasteiger partial charge on any atom is -0.456 e. The summed E-state index contributed by atoms with van der Waals surface area (Å²) in [6, 6.07) is 43.3. The molecule has 4 heterocycles. The first-order valence-electron chi connectivity index (χ1n) is 17.6. The van der Waals surface area contributed by atoms with E-state index in [0.717, 1.165) is 79.2 Å². The normalized spacial score (nSPS) is 14.7. The standard InChI is InChI=1S/C46H32N4O/c1-46(2)36-25-29(37-15-9-10-22-47-37)18-20-33(36)43-44(46)49-45(42(48-43)30-19-21-41-35(24-30)32-14-6-8-17-40(32)51-41)50-38-16-7-5-13-31(38)34-23-27-11-3-4-12-28(27)26-39(34)50/h3-21,23-26,47H,22H2,1-2H3. The summed E-state index contributed by atoms with van der Waals surface area (Å²) < 4.78 is 8.59. The molecule has 0 atom stereocenters. The van der Waals surface area contributed by atoms with Crippen molar-refractivity contribution in [1.29, 1.82) is 0 Å². The van der Waals surface area contributed by atoms with E-state index >= 15 is 0 Å². The van der Waals surface area contributed by atoms with Crippen LogP contribution < -0.4 is 5.32 Å². The Morgan fingerprint density at radius 1 is 0.647 bits per heavy atom. The molecule has 0 fully saturated rings. The Hall–Kier alpha value is -6.46. The lowest BCUT2D eigenvalue weighted by Gasteiger charge is -2.22. The molecule has 2 aliphatic rings. The number of allylic oxidation sites excluding steroid dienone is 2. The van der Waals surface area contributed by atoms with Crippen LogP contribution in [0, 0.1) is 0 Å². The molecule has 11 rings (SSSR count). The molecule has 6 aromatic carbocycles. The zero-order chi connectivity index (χ0) is 33.8. The van der Waals surface area contributed by atoms with Crippen LogP contribution >= 0.6 is 0 Å². The highest BCUT2D eigenvalue weighted by atomic mass is 16.3. The Morgan fingerprint density at radius 3 is 2.27 bits per heavy atom. The number of benzene rings is 6. The number of nitrogens with zero attached hydrogens (tertiary/aromatic N) is 3. The average Bonchev–Trinajstić information content (AvgIpc) is 3.78. The minimum atomic E-state index is -0.373. The van der Waals surface area contributed by atoms with E-state index in [0.29, 0.717) is 0 Å². The molecule has 1 N–H and O–H groups in total. The van der Waals surface area contributed by atoms with E-state index in [1.807, 2.05) is 12.1 Å². The summed E-state index contributed by atoms with van der Waals surface area (Å²) in [7, 11) is 0. The van der Waals surface area contributed by atoms with Crippen molar-refractivity contribution in [1.82, 2.24) is 19.9 Å². The molecule has 9 aromatic rings. The van der Waals surface area contributed by atoms with Crippen LogP contribution in [0.25, 0.3) is 88.5 Å². The van der Waals surface area contributed by atoms with Crippen molar-refractivity contribution < 1.29 is 4.42 Å². The lowest BCUT2D eigenvalue weighted by Crippen LogP contribution is -2.19. The highest BCUT2D eigenvalue weighted by Gasteiger charge is 2.40. The molecule has 0 radical (unpaired) electrons. The van der Waals surface area contributed by atoms with Gasteiger partial charge in [0.15, 0.2) is 5.82 Å². The monoisotopic (exact) mass is 656 g/mol. The lowest BCUT2D eigenvalue weighted by atomic mass is 9.84. The van der Waals surface area contributed by atoms with Gasteiger partial charge in [-0.1, -0.05) is 98.8 Å². The number of nitrogens with one attached hydrogen (secondary N) is 1. The van der Waals surface area contributed by atoms with Crippen molar-refractivity contribution in [3.63, 3.8) is 0 Å². The first-order valence-corrected chi connectivity index (χ1v) is 17.6. The number of rotatable bonds is 3. The first-order chi connectivity index (χ1) is 25.0. The summed E-state index contributed by atoms with van der Waals surface area (Å²) in [4.78, 5) is 11.4. The van der Waals surface area contributed by atoms with E-state index in [4.69, 9.17) is 14.4 Å². The second kappa shape index (κ2) is 10.3. The van der Waals surface area contributed by atoms with E-state index in [2.05, 4.69) is 151 Å². The highest BCUT2D eigenvalue weighted by molar-refractivity contribution is 6.14. The number of fused-ring (bicyclic) bond motifs is 10. The molecule has 1 aliphatic carbocycles. The van der Waals surface area contributed by atoms with Crippen molar-refractivity contribution in [2.75, 3.05) is 6.54 Å². The summed E-state index contributed by atoms with van der Waals surface area (Å²) in [6.07, 6.45) is 6.40. The van der Waals surface area contributed by atoms with Crippen LogP contribution in [-0.2, 0) is 5.41 Å². The fraction of sp³-hybridized carbons (Fsp3) is 0.0870. The second-order valence-electron chi connectivity index (χ2n) is 14.2. The van der Waals surface area contributed by atoms with Gasteiger partial charge in [0.2, 0.25) is 0 Å². The van der Waals surface area contributed by atoms with Gasteiger partial charge in [-0.05, 0) is 76.5 Å². The van der Waals surface area contributed by atoms with Crippen LogP contribution in [0.1, 0.15) is 30.7 Å². The molecule has 0 unspecified atom stereocenters. The Labute approximate surface area is 294 Å². The summed E-state index contributed by atoms with van der Waals surface area (Å²) in [5.74, 6) is 0.824. The van der Waals surface area contributed by atoms with Gasteiger partial charge in [0.05, 0.1) is 22.4 Å². The largest absolute Gasteiger partial charge is 0.456 e. The average molecular weight is 657 g/mol. The van der Waals surface area contributed by atoms with Crippen molar-refractivity contribution in [2.45, 2.75) is 19.3 Å². The van der Waals surface area contributed by atoms with E-state index in [1.54, 1.807) is 0 Å². The topological polar surface area (TPSA) is 55.9 Å². The molecular formula is C46H32N4O. The number of aromatic nitrogens is 3. The molecule has 1 aliphatic heterocycles. The first kappa shape index (κ1) is 28.4. The van der Waals surface area contributed by atoms with Crippen LogP contribution in [0.2, 0.25) is 0 Å². The molecule has 0 spiro atoms. The molecule has 242 valence electrons. The van der Waals surface area contributed by atoms with Gasteiger partial charge < -0.3 is 9.73 Å². The van der Waals surface area contributed by atoms with Gasteiger partial charge >= 0.3 is 0 Å². The predicted octanol–water partition coefficient (Wildman–Crippen LogP) is 11.1. The van der Waals surface area contributed by atoms with Crippen LogP contribution in [0.3, 0.4) is 0 Å². The maximum absolute atomic E-state index is 6.26. The number of para-hydroxylation sites is 2. The Morgan fingerprint density at radius 2 is 1.41 bits per heavy atom. The lowest BCUT2D eigenvalue weighted by molar-refractivity contribution is 0.633.